The van der Waals surface area contributed by atoms with Gasteiger partial charge in [-0.05, 0) is 90.2 Å². The third-order valence-electron chi connectivity index (χ3n) is 12.3. The lowest BCUT2D eigenvalue weighted by molar-refractivity contribution is -0.144. The number of carbonyl (C=O) groups is 5. The van der Waals surface area contributed by atoms with Gasteiger partial charge in [-0.1, -0.05) is 137 Å². The summed E-state index contributed by atoms with van der Waals surface area (Å²) in [5.74, 6) is -1.81. The Hall–Kier alpha value is -5.39. The fourth-order valence-electron chi connectivity index (χ4n) is 8.70. The van der Waals surface area contributed by atoms with Crippen LogP contribution in [-0.2, 0) is 34.8 Å². The van der Waals surface area contributed by atoms with Gasteiger partial charge in [-0.3, -0.25) is 24.0 Å². The van der Waals surface area contributed by atoms with Crippen molar-refractivity contribution in [3.63, 3.8) is 0 Å². The smallest absolute Gasteiger partial charge is 0.262 e. The van der Waals surface area contributed by atoms with Crippen LogP contribution >= 0.6 is 0 Å². The van der Waals surface area contributed by atoms with Crippen molar-refractivity contribution in [1.82, 2.24) is 20.9 Å². The van der Waals surface area contributed by atoms with Crippen molar-refractivity contribution in [2.24, 2.45) is 0 Å². The zero-order valence-corrected chi connectivity index (χ0v) is 36.8. The Kier molecular flexibility index (Phi) is 13.9. The Bertz CT molecular complexity index is 2160. The molecule has 4 amide bonds. The zero-order chi connectivity index (χ0) is 43.1. The van der Waals surface area contributed by atoms with Crippen LogP contribution in [-0.4, -0.2) is 78.9 Å². The van der Waals surface area contributed by atoms with E-state index in [-0.39, 0.29) is 36.0 Å². The molecule has 4 aromatic rings. The monoisotopic (exact) mass is 828 g/mol. The molecular formula is C49H60N4O6Si. The summed E-state index contributed by atoms with van der Waals surface area (Å²) in [6, 6.07) is 31.5. The molecule has 3 N–H and O–H groups in total. The minimum absolute atomic E-state index is 0.158. The second-order valence-electron chi connectivity index (χ2n) is 17.5. The van der Waals surface area contributed by atoms with E-state index in [4.69, 9.17) is 4.43 Å². The summed E-state index contributed by atoms with van der Waals surface area (Å²) in [4.78, 5) is 71.6. The molecule has 0 radical (unpaired) electrons. The maximum Gasteiger partial charge on any atom is 0.262 e. The zero-order valence-electron chi connectivity index (χ0n) is 35.8. The van der Waals surface area contributed by atoms with Crippen molar-refractivity contribution in [2.45, 2.75) is 121 Å². The molecule has 0 aliphatic carbocycles. The van der Waals surface area contributed by atoms with Gasteiger partial charge in [0.25, 0.3) is 8.32 Å². The fraction of sp³-hybridized carbons (Fsp3) is 0.408. The molecule has 316 valence electrons. The third-order valence-corrected chi connectivity index (χ3v) is 17.4. The van der Waals surface area contributed by atoms with E-state index in [1.807, 2.05) is 78.9 Å². The normalized spacial score (nSPS) is 22.4. The van der Waals surface area contributed by atoms with Gasteiger partial charge < -0.3 is 25.3 Å². The van der Waals surface area contributed by atoms with Crippen LogP contribution in [0.25, 0.3) is 10.8 Å². The van der Waals surface area contributed by atoms with E-state index < -0.39 is 55.8 Å². The lowest BCUT2D eigenvalue weighted by atomic mass is 9.93. The summed E-state index contributed by atoms with van der Waals surface area (Å²) >= 11 is 0. The molecule has 4 aromatic carbocycles. The van der Waals surface area contributed by atoms with Crippen molar-refractivity contribution < 1.29 is 28.4 Å². The van der Waals surface area contributed by atoms with E-state index in [9.17, 15) is 24.0 Å². The molecule has 0 spiro atoms. The molecule has 11 heteroatoms. The molecule has 0 aromatic heterocycles. The summed E-state index contributed by atoms with van der Waals surface area (Å²) in [6.07, 6.45) is 5.39. The largest absolute Gasteiger partial charge is 0.397 e. The molecule has 2 saturated heterocycles. The van der Waals surface area contributed by atoms with Crippen LogP contribution in [0, 0.1) is 0 Å². The van der Waals surface area contributed by atoms with Crippen LogP contribution in [0.1, 0.15) is 85.6 Å². The molecule has 2 fully saturated rings. The lowest BCUT2D eigenvalue weighted by Crippen LogP contribution is -2.68. The number of ketones is 1. The van der Waals surface area contributed by atoms with Gasteiger partial charge in [0, 0.05) is 13.0 Å². The predicted molar refractivity (Wildman–Crippen MR) is 239 cm³/mol. The van der Waals surface area contributed by atoms with Crippen molar-refractivity contribution in [3.8, 4) is 0 Å². The van der Waals surface area contributed by atoms with E-state index in [1.54, 1.807) is 37.8 Å². The van der Waals surface area contributed by atoms with Gasteiger partial charge in [0.1, 0.15) is 29.8 Å². The van der Waals surface area contributed by atoms with E-state index in [1.165, 1.54) is 0 Å². The summed E-state index contributed by atoms with van der Waals surface area (Å²) in [5.41, 5.74) is -0.451. The highest BCUT2D eigenvalue weighted by atomic mass is 28.4. The number of nitrogens with zero attached hydrogens (tertiary/aromatic N) is 1. The molecule has 2 heterocycles. The predicted octanol–water partition coefficient (Wildman–Crippen LogP) is 5.90. The number of benzene rings is 4. The van der Waals surface area contributed by atoms with Crippen molar-refractivity contribution in [3.05, 3.63) is 121 Å². The van der Waals surface area contributed by atoms with Gasteiger partial charge >= 0.3 is 0 Å². The van der Waals surface area contributed by atoms with E-state index in [0.29, 0.717) is 32.2 Å². The number of hydrogen-bond donors (Lipinski definition) is 3. The minimum atomic E-state index is -2.95. The Labute approximate surface area is 355 Å². The number of hydrogen-bond acceptors (Lipinski definition) is 6. The molecule has 5 atom stereocenters. The summed E-state index contributed by atoms with van der Waals surface area (Å²) in [5, 5.41) is 12.8. The molecule has 2 aliphatic heterocycles. The van der Waals surface area contributed by atoms with Crippen LogP contribution in [0.4, 0.5) is 0 Å². The van der Waals surface area contributed by atoms with Gasteiger partial charge in [-0.2, -0.15) is 0 Å². The van der Waals surface area contributed by atoms with Gasteiger partial charge in [-0.25, -0.2) is 0 Å². The summed E-state index contributed by atoms with van der Waals surface area (Å²) < 4.78 is 6.99. The summed E-state index contributed by atoms with van der Waals surface area (Å²) in [6.45, 7) is 12.1. The first kappa shape index (κ1) is 44.2. The number of fused-ring (bicyclic) bond motifs is 2. The Morgan fingerprint density at radius 2 is 1.50 bits per heavy atom. The molecule has 1 unspecified atom stereocenters. The standard InChI is InChI=1S/C49H60N4O6Si/c1-7-49(6)47(58)51-41(33-36-23-19-22-35-21-17-18-28-39(35)36)46(57)53-32-20-30-42(53)45(56)50-40(44(55)52-49)29-15-10-16-31-43(54)34(2)59-60(48(3,4)5,37-24-11-8-12-25-37)38-26-13-9-14-27-38/h8-9,11-14,16-19,21-28,31,34,40-42H,7,10,15,20,29-30,32-33H2,1-6H3,(H,50,56)(H,51,58)(H,52,55)/b31-16+/t34-,40-,41?,42+,49-/m0/s1. The maximum atomic E-state index is 14.3. The van der Waals surface area contributed by atoms with E-state index in [0.717, 1.165) is 26.7 Å². The van der Waals surface area contributed by atoms with Crippen LogP contribution in [0.2, 0.25) is 5.04 Å². The fourth-order valence-corrected chi connectivity index (χ4v) is 13.4. The number of amides is 4. The molecule has 60 heavy (non-hydrogen) atoms. The second kappa shape index (κ2) is 18.9. The Morgan fingerprint density at radius 1 is 0.867 bits per heavy atom. The van der Waals surface area contributed by atoms with Crippen LogP contribution in [0.5, 0.6) is 0 Å². The lowest BCUT2D eigenvalue weighted by Gasteiger charge is -2.44. The Balaban J connectivity index is 1.15. The maximum absolute atomic E-state index is 14.3. The molecule has 2 aliphatic rings. The number of nitrogens with one attached hydrogen (secondary N) is 3. The first-order valence-corrected chi connectivity index (χ1v) is 23.3. The average Bonchev–Trinajstić information content (AvgIpc) is 3.74. The van der Waals surface area contributed by atoms with Crippen molar-refractivity contribution in [2.75, 3.05) is 6.54 Å². The average molecular weight is 829 g/mol. The van der Waals surface area contributed by atoms with Crippen LogP contribution < -0.4 is 26.3 Å². The number of carbonyl (C=O) groups excluding carboxylic acids is 5. The highest BCUT2D eigenvalue weighted by Crippen LogP contribution is 2.37. The first-order chi connectivity index (χ1) is 28.7. The van der Waals surface area contributed by atoms with Gasteiger partial charge in [0.2, 0.25) is 23.6 Å². The minimum Gasteiger partial charge on any atom is -0.397 e. The molecule has 0 bridgehead atoms. The number of rotatable bonds is 13. The van der Waals surface area contributed by atoms with Crippen LogP contribution in [0.15, 0.2) is 115 Å². The SMILES string of the molecule is CC[C@]1(C)NC(=O)[C@H](CCC/C=C/C(=O)[C@H](C)O[Si](c2ccccc2)(c2ccccc2)C(C)(C)C)NC(=O)[C@H]2CCCN2C(=O)C(Cc2cccc3ccccc23)NC1=O. The molecular weight excluding hydrogens is 769 g/mol. The third kappa shape index (κ3) is 9.47. The first-order valence-electron chi connectivity index (χ1n) is 21.4. The highest BCUT2D eigenvalue weighted by molar-refractivity contribution is 6.99. The van der Waals surface area contributed by atoms with E-state index in [2.05, 4.69) is 61.0 Å². The molecule has 10 nitrogen and oxygen atoms in total. The van der Waals surface area contributed by atoms with E-state index >= 15 is 0 Å². The molecule has 0 saturated carbocycles. The van der Waals surface area contributed by atoms with Gasteiger partial charge in [0.05, 0.1) is 0 Å². The molecule has 6 rings (SSSR count). The van der Waals surface area contributed by atoms with Crippen LogP contribution in [0.3, 0.4) is 0 Å². The summed E-state index contributed by atoms with van der Waals surface area (Å²) in [7, 11) is -2.95. The van der Waals surface area contributed by atoms with Gasteiger partial charge in [-0.15, -0.1) is 0 Å². The van der Waals surface area contributed by atoms with Crippen molar-refractivity contribution >= 4 is 58.9 Å². The van der Waals surface area contributed by atoms with Gasteiger partial charge in [0.15, 0.2) is 5.78 Å². The second-order valence-corrected chi connectivity index (χ2v) is 21.7. The highest BCUT2D eigenvalue weighted by Gasteiger charge is 2.51. The number of allylic oxidation sites excluding steroid dienone is 1. The Morgan fingerprint density at radius 3 is 2.15 bits per heavy atom. The topological polar surface area (TPSA) is 134 Å². The quantitative estimate of drug-likeness (QED) is 0.0874. The van der Waals surface area contributed by atoms with Crippen molar-refractivity contribution in [1.29, 1.82) is 0 Å². The number of unbranched alkanes of at least 4 members (excludes halogenated alkanes) is 1.